The third-order valence-electron chi connectivity index (χ3n) is 4.00. The Hall–Kier alpha value is 0.270. The summed E-state index contributed by atoms with van der Waals surface area (Å²) < 4.78 is 0. The lowest BCUT2D eigenvalue weighted by Gasteiger charge is -2.38. The Morgan fingerprint density at radius 1 is 1.50 bits per heavy atom. The Balaban J connectivity index is 1.89. The van der Waals surface area contributed by atoms with Gasteiger partial charge in [-0.2, -0.15) is 11.8 Å². The predicted molar refractivity (Wildman–Crippen MR) is 73.2 cm³/mol. The van der Waals surface area contributed by atoms with Crippen molar-refractivity contribution >= 4 is 11.8 Å². The number of hydrogen-bond donors (Lipinski definition) is 1. The van der Waals surface area contributed by atoms with Gasteiger partial charge in [0.25, 0.3) is 0 Å². The average Bonchev–Trinajstić information content (AvgIpc) is 2.67. The van der Waals surface area contributed by atoms with Gasteiger partial charge in [0.2, 0.25) is 0 Å². The maximum absolute atomic E-state index is 3.57. The molecule has 0 bridgehead atoms. The molecule has 2 fully saturated rings. The third kappa shape index (κ3) is 3.14. The van der Waals surface area contributed by atoms with Crippen LogP contribution in [0.4, 0.5) is 0 Å². The van der Waals surface area contributed by atoms with Gasteiger partial charge in [0.15, 0.2) is 0 Å². The van der Waals surface area contributed by atoms with Crippen molar-refractivity contribution in [1.29, 1.82) is 0 Å². The molecule has 94 valence electrons. The lowest BCUT2D eigenvalue weighted by Crippen LogP contribution is -2.45. The highest BCUT2D eigenvalue weighted by Gasteiger charge is 2.35. The van der Waals surface area contributed by atoms with Gasteiger partial charge in [0, 0.05) is 37.2 Å². The molecule has 2 aliphatic heterocycles. The quantitative estimate of drug-likeness (QED) is 0.814. The van der Waals surface area contributed by atoms with Crippen molar-refractivity contribution in [3.63, 3.8) is 0 Å². The molecule has 2 nitrogen and oxygen atoms in total. The van der Waals surface area contributed by atoms with E-state index in [1.54, 1.807) is 0 Å². The molecular weight excluding hydrogens is 216 g/mol. The van der Waals surface area contributed by atoms with Crippen molar-refractivity contribution in [1.82, 2.24) is 10.2 Å². The Labute approximate surface area is 105 Å². The normalized spacial score (nSPS) is 36.8. The molecule has 3 heteroatoms. The van der Waals surface area contributed by atoms with Crippen molar-refractivity contribution in [2.75, 3.05) is 38.5 Å². The van der Waals surface area contributed by atoms with Crippen LogP contribution in [0.15, 0.2) is 0 Å². The molecule has 16 heavy (non-hydrogen) atoms. The largest absolute Gasteiger partial charge is 0.316 e. The van der Waals surface area contributed by atoms with E-state index in [1.165, 1.54) is 57.7 Å². The lowest BCUT2D eigenvalue weighted by atomic mass is 9.82. The van der Waals surface area contributed by atoms with Crippen molar-refractivity contribution < 1.29 is 0 Å². The SMILES string of the molecule is CCCC1(CN2CCSC(C)C2)CCNC1. The second kappa shape index (κ2) is 5.74. The number of rotatable bonds is 4. The van der Waals surface area contributed by atoms with Gasteiger partial charge >= 0.3 is 0 Å². The maximum atomic E-state index is 3.57. The van der Waals surface area contributed by atoms with E-state index in [9.17, 15) is 0 Å². The number of nitrogens with zero attached hydrogens (tertiary/aromatic N) is 1. The van der Waals surface area contributed by atoms with Gasteiger partial charge in [0.05, 0.1) is 0 Å². The first-order chi connectivity index (χ1) is 7.74. The molecule has 0 amide bonds. The van der Waals surface area contributed by atoms with E-state index in [0.29, 0.717) is 5.41 Å². The van der Waals surface area contributed by atoms with Crippen LogP contribution in [0.5, 0.6) is 0 Å². The van der Waals surface area contributed by atoms with Gasteiger partial charge in [-0.3, -0.25) is 0 Å². The van der Waals surface area contributed by atoms with Crippen LogP contribution in [0.1, 0.15) is 33.1 Å². The number of hydrogen-bond acceptors (Lipinski definition) is 3. The van der Waals surface area contributed by atoms with E-state index in [2.05, 4.69) is 35.8 Å². The monoisotopic (exact) mass is 242 g/mol. The number of nitrogens with one attached hydrogen (secondary N) is 1. The fourth-order valence-corrected chi connectivity index (χ4v) is 4.34. The molecule has 2 saturated heterocycles. The Kier molecular flexibility index (Phi) is 4.57. The van der Waals surface area contributed by atoms with E-state index in [1.807, 2.05) is 0 Å². The van der Waals surface area contributed by atoms with Gasteiger partial charge in [-0.15, -0.1) is 0 Å². The molecule has 0 aromatic rings. The summed E-state index contributed by atoms with van der Waals surface area (Å²) in [5.41, 5.74) is 0.594. The Morgan fingerprint density at radius 3 is 3.00 bits per heavy atom. The molecule has 2 aliphatic rings. The first-order valence-electron chi connectivity index (χ1n) is 6.79. The molecule has 2 unspecified atom stereocenters. The van der Waals surface area contributed by atoms with Crippen molar-refractivity contribution in [3.8, 4) is 0 Å². The fraction of sp³-hybridized carbons (Fsp3) is 1.00. The minimum absolute atomic E-state index is 0.594. The smallest absolute Gasteiger partial charge is 0.0147 e. The summed E-state index contributed by atoms with van der Waals surface area (Å²) in [6, 6.07) is 0. The molecule has 0 aromatic carbocycles. The van der Waals surface area contributed by atoms with Gasteiger partial charge in [-0.1, -0.05) is 20.3 Å². The summed E-state index contributed by atoms with van der Waals surface area (Å²) in [6.07, 6.45) is 4.12. The summed E-state index contributed by atoms with van der Waals surface area (Å²) >= 11 is 2.13. The molecule has 1 N–H and O–H groups in total. The summed E-state index contributed by atoms with van der Waals surface area (Å²) in [5, 5.41) is 4.40. The predicted octanol–water partition coefficient (Wildman–Crippen LogP) is 2.20. The highest BCUT2D eigenvalue weighted by Crippen LogP contribution is 2.33. The van der Waals surface area contributed by atoms with Crippen LogP contribution in [-0.4, -0.2) is 48.6 Å². The highest BCUT2D eigenvalue weighted by atomic mass is 32.2. The first-order valence-corrected chi connectivity index (χ1v) is 7.84. The zero-order chi connectivity index (χ0) is 11.4. The molecular formula is C13H26N2S. The molecule has 0 aliphatic carbocycles. The van der Waals surface area contributed by atoms with Crippen LogP contribution in [0.3, 0.4) is 0 Å². The lowest BCUT2D eigenvalue weighted by molar-refractivity contribution is 0.157. The van der Waals surface area contributed by atoms with E-state index >= 15 is 0 Å². The average molecular weight is 242 g/mol. The third-order valence-corrected chi connectivity index (χ3v) is 5.13. The van der Waals surface area contributed by atoms with Crippen LogP contribution in [0.25, 0.3) is 0 Å². The van der Waals surface area contributed by atoms with Crippen LogP contribution >= 0.6 is 11.8 Å². The minimum atomic E-state index is 0.594. The second-order valence-electron chi connectivity index (χ2n) is 5.59. The summed E-state index contributed by atoms with van der Waals surface area (Å²) in [5.74, 6) is 1.33. The van der Waals surface area contributed by atoms with Crippen LogP contribution in [-0.2, 0) is 0 Å². The van der Waals surface area contributed by atoms with Crippen LogP contribution in [0, 0.1) is 5.41 Å². The standard InChI is InChI=1S/C13H26N2S/c1-3-4-13(5-6-14-10-13)11-15-7-8-16-12(2)9-15/h12,14H,3-11H2,1-2H3. The first kappa shape index (κ1) is 12.7. The highest BCUT2D eigenvalue weighted by molar-refractivity contribution is 7.99. The van der Waals surface area contributed by atoms with Gasteiger partial charge in [-0.25, -0.2) is 0 Å². The second-order valence-corrected chi connectivity index (χ2v) is 7.14. The van der Waals surface area contributed by atoms with E-state index in [4.69, 9.17) is 0 Å². The molecule has 2 atom stereocenters. The topological polar surface area (TPSA) is 15.3 Å². The molecule has 0 aromatic heterocycles. The minimum Gasteiger partial charge on any atom is -0.316 e. The summed E-state index contributed by atoms with van der Waals surface area (Å²) in [7, 11) is 0. The van der Waals surface area contributed by atoms with Crippen molar-refractivity contribution in [2.45, 2.75) is 38.4 Å². The van der Waals surface area contributed by atoms with Gasteiger partial charge in [0.1, 0.15) is 0 Å². The van der Waals surface area contributed by atoms with E-state index in [-0.39, 0.29) is 0 Å². The summed E-state index contributed by atoms with van der Waals surface area (Å²) in [6.45, 7) is 11.1. The van der Waals surface area contributed by atoms with Gasteiger partial charge in [-0.05, 0) is 24.8 Å². The zero-order valence-corrected chi connectivity index (χ0v) is 11.6. The molecule has 2 heterocycles. The Morgan fingerprint density at radius 2 is 2.38 bits per heavy atom. The van der Waals surface area contributed by atoms with Crippen molar-refractivity contribution in [2.24, 2.45) is 5.41 Å². The maximum Gasteiger partial charge on any atom is 0.0147 e. The molecule has 0 saturated carbocycles. The molecule has 0 spiro atoms. The summed E-state index contributed by atoms with van der Waals surface area (Å²) in [4.78, 5) is 2.71. The van der Waals surface area contributed by atoms with Crippen LogP contribution in [0.2, 0.25) is 0 Å². The number of thioether (sulfide) groups is 1. The molecule has 2 rings (SSSR count). The zero-order valence-electron chi connectivity index (χ0n) is 10.8. The Bertz CT molecular complexity index is 214. The van der Waals surface area contributed by atoms with E-state index in [0.717, 1.165) is 5.25 Å². The fourth-order valence-electron chi connectivity index (χ4n) is 3.26. The van der Waals surface area contributed by atoms with Gasteiger partial charge < -0.3 is 10.2 Å². The molecule has 0 radical (unpaired) electrons. The van der Waals surface area contributed by atoms with E-state index < -0.39 is 0 Å². The van der Waals surface area contributed by atoms with Crippen LogP contribution < -0.4 is 5.32 Å². The van der Waals surface area contributed by atoms with Crippen molar-refractivity contribution in [3.05, 3.63) is 0 Å².